The number of ether oxygens (including phenoxy) is 2. The molecule has 0 aromatic heterocycles. The minimum absolute atomic E-state index is 0.202. The van der Waals surface area contributed by atoms with E-state index in [-0.39, 0.29) is 12.0 Å². The molecule has 0 bridgehead atoms. The molecule has 4 heteroatoms. The Balaban J connectivity index is 2.75. The third-order valence-electron chi connectivity index (χ3n) is 2.90. The SMILES string of the molecule is CCOC(=O)C(CC)Nc1ccccc1CCOC. The highest BCUT2D eigenvalue weighted by molar-refractivity contribution is 5.79. The van der Waals surface area contributed by atoms with Gasteiger partial charge in [0.05, 0.1) is 13.2 Å². The van der Waals surface area contributed by atoms with Crippen molar-refractivity contribution in [3.8, 4) is 0 Å². The largest absolute Gasteiger partial charge is 0.464 e. The van der Waals surface area contributed by atoms with Crippen LogP contribution < -0.4 is 5.32 Å². The van der Waals surface area contributed by atoms with Gasteiger partial charge in [-0.3, -0.25) is 0 Å². The van der Waals surface area contributed by atoms with Gasteiger partial charge in [-0.2, -0.15) is 0 Å². The van der Waals surface area contributed by atoms with Crippen LogP contribution in [0.2, 0.25) is 0 Å². The fourth-order valence-corrected chi connectivity index (χ4v) is 1.85. The van der Waals surface area contributed by atoms with Crippen LogP contribution in [0.4, 0.5) is 5.69 Å². The summed E-state index contributed by atoms with van der Waals surface area (Å²) in [5, 5.41) is 3.26. The quantitative estimate of drug-likeness (QED) is 0.734. The monoisotopic (exact) mass is 265 g/mol. The summed E-state index contributed by atoms with van der Waals surface area (Å²) >= 11 is 0. The fourth-order valence-electron chi connectivity index (χ4n) is 1.85. The van der Waals surface area contributed by atoms with Gasteiger partial charge in [-0.15, -0.1) is 0 Å². The Bertz CT molecular complexity index is 393. The lowest BCUT2D eigenvalue weighted by atomic mass is 10.1. The van der Waals surface area contributed by atoms with E-state index in [1.165, 1.54) is 0 Å². The lowest BCUT2D eigenvalue weighted by Crippen LogP contribution is -2.31. The zero-order valence-corrected chi connectivity index (χ0v) is 11.9. The molecule has 0 radical (unpaired) electrons. The molecule has 0 saturated heterocycles. The van der Waals surface area contributed by atoms with E-state index in [0.29, 0.717) is 19.6 Å². The summed E-state index contributed by atoms with van der Waals surface area (Å²) in [6.07, 6.45) is 1.51. The van der Waals surface area contributed by atoms with E-state index in [2.05, 4.69) is 5.32 Å². The van der Waals surface area contributed by atoms with Gasteiger partial charge >= 0.3 is 5.97 Å². The number of hydrogen-bond acceptors (Lipinski definition) is 4. The van der Waals surface area contributed by atoms with Gasteiger partial charge in [-0.25, -0.2) is 4.79 Å². The van der Waals surface area contributed by atoms with Crippen molar-refractivity contribution in [2.75, 3.05) is 25.6 Å². The Labute approximate surface area is 115 Å². The van der Waals surface area contributed by atoms with Crippen LogP contribution in [0, 0.1) is 0 Å². The number of nitrogens with one attached hydrogen (secondary N) is 1. The average molecular weight is 265 g/mol. The zero-order chi connectivity index (χ0) is 14.1. The smallest absolute Gasteiger partial charge is 0.328 e. The van der Waals surface area contributed by atoms with Crippen molar-refractivity contribution < 1.29 is 14.3 Å². The summed E-state index contributed by atoms with van der Waals surface area (Å²) in [7, 11) is 1.68. The number of carbonyl (C=O) groups is 1. The van der Waals surface area contributed by atoms with Gasteiger partial charge in [0.15, 0.2) is 0 Å². The Morgan fingerprint density at radius 3 is 2.68 bits per heavy atom. The van der Waals surface area contributed by atoms with Crippen LogP contribution in [0.5, 0.6) is 0 Å². The number of esters is 1. The number of carbonyl (C=O) groups excluding carboxylic acids is 1. The van der Waals surface area contributed by atoms with E-state index in [1.807, 2.05) is 38.1 Å². The first-order valence-electron chi connectivity index (χ1n) is 6.72. The number of methoxy groups -OCH3 is 1. The van der Waals surface area contributed by atoms with Crippen LogP contribution in [-0.2, 0) is 20.7 Å². The Morgan fingerprint density at radius 1 is 1.32 bits per heavy atom. The van der Waals surface area contributed by atoms with Gasteiger partial charge in [0.1, 0.15) is 6.04 Å². The van der Waals surface area contributed by atoms with Crippen molar-refractivity contribution in [2.24, 2.45) is 0 Å². The van der Waals surface area contributed by atoms with Crippen molar-refractivity contribution in [3.63, 3.8) is 0 Å². The summed E-state index contributed by atoms with van der Waals surface area (Å²) < 4.78 is 10.2. The third kappa shape index (κ3) is 4.91. The number of anilines is 1. The first kappa shape index (κ1) is 15.5. The maximum atomic E-state index is 11.8. The average Bonchev–Trinajstić information content (AvgIpc) is 2.43. The standard InChI is InChI=1S/C15H23NO3/c1-4-13(15(17)19-5-2)16-14-9-7-6-8-12(14)10-11-18-3/h6-9,13,16H,4-5,10-11H2,1-3H3. The summed E-state index contributed by atoms with van der Waals surface area (Å²) in [5.74, 6) is -0.202. The van der Waals surface area contributed by atoms with Crippen molar-refractivity contribution in [2.45, 2.75) is 32.7 Å². The molecule has 0 heterocycles. The third-order valence-corrected chi connectivity index (χ3v) is 2.90. The molecule has 1 aromatic rings. The second-order valence-corrected chi connectivity index (χ2v) is 4.26. The van der Waals surface area contributed by atoms with Crippen molar-refractivity contribution in [3.05, 3.63) is 29.8 Å². The Hall–Kier alpha value is -1.55. The number of benzene rings is 1. The molecule has 1 unspecified atom stereocenters. The normalized spacial score (nSPS) is 11.9. The van der Waals surface area contributed by atoms with E-state index in [1.54, 1.807) is 7.11 Å². The van der Waals surface area contributed by atoms with Crippen LogP contribution in [0.1, 0.15) is 25.8 Å². The summed E-state index contributed by atoms with van der Waals surface area (Å²) in [6, 6.07) is 7.66. The highest BCUT2D eigenvalue weighted by Gasteiger charge is 2.18. The highest BCUT2D eigenvalue weighted by Crippen LogP contribution is 2.18. The van der Waals surface area contributed by atoms with Crippen molar-refractivity contribution in [1.82, 2.24) is 0 Å². The molecular weight excluding hydrogens is 242 g/mol. The Kier molecular flexibility index (Phi) is 6.97. The minimum atomic E-state index is -0.302. The molecule has 0 aliphatic heterocycles. The van der Waals surface area contributed by atoms with E-state index in [0.717, 1.165) is 17.7 Å². The summed E-state index contributed by atoms with van der Waals surface area (Å²) in [6.45, 7) is 4.85. The number of hydrogen-bond donors (Lipinski definition) is 1. The van der Waals surface area contributed by atoms with Gasteiger partial charge in [-0.1, -0.05) is 25.1 Å². The Morgan fingerprint density at radius 2 is 2.05 bits per heavy atom. The van der Waals surface area contributed by atoms with Crippen LogP contribution in [-0.4, -0.2) is 32.3 Å². The molecule has 106 valence electrons. The predicted molar refractivity (Wildman–Crippen MR) is 76.4 cm³/mol. The van der Waals surface area contributed by atoms with Gasteiger partial charge in [0.25, 0.3) is 0 Å². The molecule has 1 aromatic carbocycles. The molecule has 4 nitrogen and oxygen atoms in total. The molecular formula is C15H23NO3. The van der Waals surface area contributed by atoms with Crippen molar-refractivity contribution >= 4 is 11.7 Å². The molecule has 1 N–H and O–H groups in total. The van der Waals surface area contributed by atoms with Crippen LogP contribution in [0.25, 0.3) is 0 Å². The molecule has 0 amide bonds. The molecule has 0 fully saturated rings. The lowest BCUT2D eigenvalue weighted by molar-refractivity contribution is -0.144. The molecule has 0 saturated carbocycles. The van der Waals surface area contributed by atoms with Gasteiger partial charge in [0.2, 0.25) is 0 Å². The summed E-state index contributed by atoms with van der Waals surface area (Å²) in [5.41, 5.74) is 2.12. The van der Waals surface area contributed by atoms with Crippen molar-refractivity contribution in [1.29, 1.82) is 0 Å². The minimum Gasteiger partial charge on any atom is -0.464 e. The van der Waals surface area contributed by atoms with E-state index in [4.69, 9.17) is 9.47 Å². The van der Waals surface area contributed by atoms with Gasteiger partial charge < -0.3 is 14.8 Å². The number of rotatable bonds is 8. The zero-order valence-electron chi connectivity index (χ0n) is 11.9. The van der Waals surface area contributed by atoms with Gasteiger partial charge in [-0.05, 0) is 31.4 Å². The molecule has 0 aliphatic carbocycles. The van der Waals surface area contributed by atoms with Crippen LogP contribution in [0.15, 0.2) is 24.3 Å². The number of para-hydroxylation sites is 1. The summed E-state index contributed by atoms with van der Waals surface area (Å²) in [4.78, 5) is 11.8. The van der Waals surface area contributed by atoms with Crippen LogP contribution in [0.3, 0.4) is 0 Å². The predicted octanol–water partition coefficient (Wildman–Crippen LogP) is 2.63. The van der Waals surface area contributed by atoms with Crippen LogP contribution >= 0.6 is 0 Å². The highest BCUT2D eigenvalue weighted by atomic mass is 16.5. The maximum absolute atomic E-state index is 11.8. The molecule has 0 aliphatic rings. The fraction of sp³-hybridized carbons (Fsp3) is 0.533. The van der Waals surface area contributed by atoms with E-state index in [9.17, 15) is 4.79 Å². The van der Waals surface area contributed by atoms with E-state index >= 15 is 0 Å². The molecule has 1 atom stereocenters. The lowest BCUT2D eigenvalue weighted by Gasteiger charge is -2.19. The second-order valence-electron chi connectivity index (χ2n) is 4.26. The first-order valence-corrected chi connectivity index (χ1v) is 6.72. The molecule has 1 rings (SSSR count). The molecule has 19 heavy (non-hydrogen) atoms. The topological polar surface area (TPSA) is 47.6 Å². The first-order chi connectivity index (χ1) is 9.22. The van der Waals surface area contributed by atoms with Gasteiger partial charge in [0, 0.05) is 12.8 Å². The second kappa shape index (κ2) is 8.53. The van der Waals surface area contributed by atoms with E-state index < -0.39 is 0 Å². The maximum Gasteiger partial charge on any atom is 0.328 e. The molecule has 0 spiro atoms.